The van der Waals surface area contributed by atoms with Crippen LogP contribution in [0.15, 0.2) is 24.3 Å². The lowest BCUT2D eigenvalue weighted by Gasteiger charge is -2.63. The molecule has 1 N–H and O–H groups in total. The lowest BCUT2D eigenvalue weighted by molar-refractivity contribution is -0.270. The standard InChI is InChI=1S/C27H36O9/c1-5-24(2,3)23(30)36-27-12-18-10-25(31,15-27)14-26(11-18,16-27)35-21(28)13-33-22(29)19-6-8-20(9-7-19)34-17-32-4/h6-9,18,31H,5,10-17H2,1-4H3. The molecule has 0 amide bonds. The summed E-state index contributed by atoms with van der Waals surface area (Å²) in [5, 5.41) is 11.3. The number of ether oxygens (including phenoxy) is 5. The van der Waals surface area contributed by atoms with Crippen LogP contribution in [0.3, 0.4) is 0 Å². The molecule has 198 valence electrons. The Bertz CT molecular complexity index is 1000. The highest BCUT2D eigenvalue weighted by Crippen LogP contribution is 2.62. The largest absolute Gasteiger partial charge is 0.468 e. The lowest BCUT2D eigenvalue weighted by atomic mass is 9.50. The molecule has 0 saturated heterocycles. The second-order valence-corrected chi connectivity index (χ2v) is 11.4. The van der Waals surface area contributed by atoms with Crippen molar-refractivity contribution in [2.45, 2.75) is 82.5 Å². The molecule has 4 unspecified atom stereocenters. The van der Waals surface area contributed by atoms with Crippen LogP contribution in [-0.4, -0.2) is 60.3 Å². The Morgan fingerprint density at radius 1 is 1.00 bits per heavy atom. The van der Waals surface area contributed by atoms with E-state index < -0.39 is 40.8 Å². The van der Waals surface area contributed by atoms with E-state index in [2.05, 4.69) is 0 Å². The first-order valence-corrected chi connectivity index (χ1v) is 12.5. The van der Waals surface area contributed by atoms with Crippen LogP contribution in [0, 0.1) is 11.3 Å². The van der Waals surface area contributed by atoms with Crippen LogP contribution >= 0.6 is 0 Å². The topological polar surface area (TPSA) is 118 Å². The van der Waals surface area contributed by atoms with E-state index in [9.17, 15) is 19.5 Å². The van der Waals surface area contributed by atoms with Gasteiger partial charge in [0.2, 0.25) is 0 Å². The molecule has 0 aromatic heterocycles. The van der Waals surface area contributed by atoms with Crippen LogP contribution in [0.2, 0.25) is 0 Å². The Hall–Kier alpha value is -2.65. The average molecular weight is 505 g/mol. The normalized spacial score (nSPS) is 30.5. The average Bonchev–Trinajstić information content (AvgIpc) is 2.79. The van der Waals surface area contributed by atoms with E-state index in [1.807, 2.05) is 20.8 Å². The van der Waals surface area contributed by atoms with E-state index in [1.165, 1.54) is 19.2 Å². The molecule has 0 radical (unpaired) electrons. The number of methoxy groups -OCH3 is 1. The maximum absolute atomic E-state index is 12.9. The second-order valence-electron chi connectivity index (χ2n) is 11.4. The zero-order valence-corrected chi connectivity index (χ0v) is 21.5. The molecule has 4 fully saturated rings. The summed E-state index contributed by atoms with van der Waals surface area (Å²) in [4.78, 5) is 38.1. The third kappa shape index (κ3) is 5.52. The molecule has 4 bridgehead atoms. The number of aliphatic hydroxyl groups is 1. The number of rotatable bonds is 10. The molecular formula is C27H36O9. The van der Waals surface area contributed by atoms with Gasteiger partial charge in [-0.1, -0.05) is 6.92 Å². The fourth-order valence-electron chi connectivity index (χ4n) is 6.21. The summed E-state index contributed by atoms with van der Waals surface area (Å²) in [5.41, 5.74) is -3.24. The van der Waals surface area contributed by atoms with Gasteiger partial charge >= 0.3 is 17.9 Å². The van der Waals surface area contributed by atoms with Gasteiger partial charge < -0.3 is 28.8 Å². The SMILES string of the molecule is CCC(C)(C)C(=O)OC12CC3CC(O)(CC(OC(=O)COC(=O)c4ccc(OCOC)cc4)(C3)C1)C2. The predicted molar refractivity (Wildman–Crippen MR) is 127 cm³/mol. The summed E-state index contributed by atoms with van der Waals surface area (Å²) in [7, 11) is 1.51. The monoisotopic (exact) mass is 504 g/mol. The number of carbonyl (C=O) groups is 3. The van der Waals surface area contributed by atoms with Crippen LogP contribution in [-0.2, 0) is 28.5 Å². The maximum Gasteiger partial charge on any atom is 0.344 e. The quantitative estimate of drug-likeness (QED) is 0.290. The first-order valence-electron chi connectivity index (χ1n) is 12.5. The lowest BCUT2D eigenvalue weighted by Crippen LogP contribution is -2.68. The minimum atomic E-state index is -1.06. The molecule has 1 aromatic carbocycles. The summed E-state index contributed by atoms with van der Waals surface area (Å²) in [6.07, 6.45) is 3.45. The molecule has 5 rings (SSSR count). The first kappa shape index (κ1) is 26.4. The summed E-state index contributed by atoms with van der Waals surface area (Å²) < 4.78 is 27.3. The van der Waals surface area contributed by atoms with Gasteiger partial charge in [0.25, 0.3) is 0 Å². The highest BCUT2D eigenvalue weighted by molar-refractivity contribution is 5.90. The van der Waals surface area contributed by atoms with E-state index in [4.69, 9.17) is 23.7 Å². The smallest absolute Gasteiger partial charge is 0.344 e. The first-order chi connectivity index (χ1) is 16.9. The number of carbonyl (C=O) groups excluding carboxylic acids is 3. The van der Waals surface area contributed by atoms with Crippen molar-refractivity contribution < 1.29 is 43.2 Å². The van der Waals surface area contributed by atoms with Gasteiger partial charge in [0.05, 0.1) is 16.6 Å². The van der Waals surface area contributed by atoms with Crippen molar-refractivity contribution in [2.75, 3.05) is 20.5 Å². The molecule has 0 spiro atoms. The molecule has 0 heterocycles. The number of hydrogen-bond acceptors (Lipinski definition) is 9. The van der Waals surface area contributed by atoms with Gasteiger partial charge in [-0.15, -0.1) is 0 Å². The van der Waals surface area contributed by atoms with E-state index in [-0.39, 0.29) is 30.7 Å². The Balaban J connectivity index is 1.38. The molecule has 0 aliphatic heterocycles. The molecule has 1 aromatic rings. The van der Waals surface area contributed by atoms with E-state index in [0.717, 1.165) is 0 Å². The third-order valence-electron chi connectivity index (χ3n) is 7.77. The zero-order valence-electron chi connectivity index (χ0n) is 21.5. The van der Waals surface area contributed by atoms with Crippen molar-refractivity contribution in [3.05, 3.63) is 29.8 Å². The molecule has 9 nitrogen and oxygen atoms in total. The highest BCUT2D eigenvalue weighted by atomic mass is 16.7. The second kappa shape index (κ2) is 9.67. The highest BCUT2D eigenvalue weighted by Gasteiger charge is 2.66. The number of hydrogen-bond donors (Lipinski definition) is 1. The van der Waals surface area contributed by atoms with Gasteiger partial charge in [0.15, 0.2) is 13.4 Å². The Morgan fingerprint density at radius 3 is 2.22 bits per heavy atom. The van der Waals surface area contributed by atoms with Crippen molar-refractivity contribution in [2.24, 2.45) is 11.3 Å². The Labute approximate surface area is 211 Å². The van der Waals surface area contributed by atoms with Gasteiger partial charge in [0, 0.05) is 26.4 Å². The molecule has 4 aliphatic rings. The van der Waals surface area contributed by atoms with Gasteiger partial charge in [-0.25, -0.2) is 9.59 Å². The third-order valence-corrected chi connectivity index (χ3v) is 7.77. The van der Waals surface area contributed by atoms with Crippen molar-refractivity contribution in [3.8, 4) is 5.75 Å². The minimum absolute atomic E-state index is 0.0815. The van der Waals surface area contributed by atoms with Crippen LogP contribution < -0.4 is 4.74 Å². The van der Waals surface area contributed by atoms with E-state index in [0.29, 0.717) is 44.3 Å². The van der Waals surface area contributed by atoms with Gasteiger partial charge in [0.1, 0.15) is 17.0 Å². The summed E-state index contributed by atoms with van der Waals surface area (Å²) in [6, 6.07) is 6.27. The predicted octanol–water partition coefficient (Wildman–Crippen LogP) is 3.56. The summed E-state index contributed by atoms with van der Waals surface area (Å²) >= 11 is 0. The van der Waals surface area contributed by atoms with E-state index >= 15 is 0 Å². The van der Waals surface area contributed by atoms with Gasteiger partial charge in [-0.05, 0) is 69.7 Å². The van der Waals surface area contributed by atoms with E-state index in [1.54, 1.807) is 12.1 Å². The van der Waals surface area contributed by atoms with Gasteiger partial charge in [-0.3, -0.25) is 4.79 Å². The fraction of sp³-hybridized carbons (Fsp3) is 0.667. The van der Waals surface area contributed by atoms with Crippen molar-refractivity contribution >= 4 is 17.9 Å². The molecule has 4 aliphatic carbocycles. The summed E-state index contributed by atoms with van der Waals surface area (Å²) in [6.45, 7) is 5.15. The number of benzene rings is 1. The molecular weight excluding hydrogens is 468 g/mol. The zero-order chi connectivity index (χ0) is 26.2. The molecule has 9 heteroatoms. The maximum atomic E-state index is 12.9. The van der Waals surface area contributed by atoms with Crippen molar-refractivity contribution in [1.29, 1.82) is 0 Å². The van der Waals surface area contributed by atoms with Crippen LogP contribution in [0.4, 0.5) is 0 Å². The molecule has 4 atom stereocenters. The Morgan fingerprint density at radius 2 is 1.64 bits per heavy atom. The Kier molecular flexibility index (Phi) is 7.09. The van der Waals surface area contributed by atoms with Crippen LogP contribution in [0.1, 0.15) is 76.1 Å². The molecule has 4 saturated carbocycles. The number of esters is 3. The minimum Gasteiger partial charge on any atom is -0.468 e. The van der Waals surface area contributed by atoms with Crippen molar-refractivity contribution in [3.63, 3.8) is 0 Å². The van der Waals surface area contributed by atoms with Crippen molar-refractivity contribution in [1.82, 2.24) is 0 Å². The van der Waals surface area contributed by atoms with Gasteiger partial charge in [-0.2, -0.15) is 0 Å². The van der Waals surface area contributed by atoms with Crippen LogP contribution in [0.25, 0.3) is 0 Å². The molecule has 36 heavy (non-hydrogen) atoms. The van der Waals surface area contributed by atoms with Crippen LogP contribution in [0.5, 0.6) is 5.75 Å². The fourth-order valence-corrected chi connectivity index (χ4v) is 6.21. The summed E-state index contributed by atoms with van der Waals surface area (Å²) in [5.74, 6) is -1.04.